The van der Waals surface area contributed by atoms with Crippen LogP contribution in [0.25, 0.3) is 0 Å². The second-order valence-corrected chi connectivity index (χ2v) is 9.16. The van der Waals surface area contributed by atoms with Crippen LogP contribution in [0, 0.1) is 5.82 Å². The summed E-state index contributed by atoms with van der Waals surface area (Å²) in [4.78, 5) is 34.4. The predicted molar refractivity (Wildman–Crippen MR) is 118 cm³/mol. The standard InChI is InChI=1S/C20H15FN4O2S3/c21-13-5-3-12(4-6-13)8-15-10-22-19(30-15)24-17(26)9-14-11-29-20(23-14)25-18(27)16-2-1-7-28-16/h1-7,10-11H,8-9H2,(H,22,24,26)(H,23,25,27). The molecule has 2 amide bonds. The highest BCUT2D eigenvalue weighted by atomic mass is 32.1. The summed E-state index contributed by atoms with van der Waals surface area (Å²) in [7, 11) is 0. The number of thiophene rings is 1. The maximum atomic E-state index is 13.0. The second kappa shape index (κ2) is 9.24. The Morgan fingerprint density at radius 1 is 1.03 bits per heavy atom. The predicted octanol–water partition coefficient (Wildman–Crippen LogP) is 4.82. The van der Waals surface area contributed by atoms with Crippen LogP contribution < -0.4 is 10.6 Å². The molecule has 6 nitrogen and oxygen atoms in total. The molecule has 0 aliphatic rings. The minimum absolute atomic E-state index is 0.0816. The number of amides is 2. The molecule has 0 unspecified atom stereocenters. The van der Waals surface area contributed by atoms with E-state index in [0.717, 1.165) is 10.4 Å². The number of anilines is 2. The average Bonchev–Trinajstić information content (AvgIpc) is 3.47. The molecule has 0 aliphatic heterocycles. The molecule has 0 saturated heterocycles. The first-order chi connectivity index (χ1) is 14.5. The first-order valence-corrected chi connectivity index (χ1v) is 11.4. The number of carbonyl (C=O) groups excluding carboxylic acids is 2. The highest BCUT2D eigenvalue weighted by Gasteiger charge is 2.13. The fourth-order valence-corrected chi connectivity index (χ4v) is 4.78. The maximum Gasteiger partial charge on any atom is 0.267 e. The van der Waals surface area contributed by atoms with Gasteiger partial charge in [0.05, 0.1) is 17.0 Å². The molecule has 0 bridgehead atoms. The fraction of sp³-hybridized carbons (Fsp3) is 0.100. The van der Waals surface area contributed by atoms with Crippen molar-refractivity contribution in [1.82, 2.24) is 9.97 Å². The molecule has 1 aromatic carbocycles. The molecule has 0 saturated carbocycles. The average molecular weight is 459 g/mol. The van der Waals surface area contributed by atoms with E-state index in [4.69, 9.17) is 0 Å². The maximum absolute atomic E-state index is 13.0. The smallest absolute Gasteiger partial charge is 0.267 e. The molecule has 152 valence electrons. The molecule has 10 heteroatoms. The van der Waals surface area contributed by atoms with Crippen molar-refractivity contribution in [3.63, 3.8) is 0 Å². The van der Waals surface area contributed by atoms with Crippen molar-refractivity contribution in [1.29, 1.82) is 0 Å². The summed E-state index contributed by atoms with van der Waals surface area (Å²) in [6.07, 6.45) is 2.40. The van der Waals surface area contributed by atoms with E-state index in [2.05, 4.69) is 20.6 Å². The number of aromatic nitrogens is 2. The Hall–Kier alpha value is -2.95. The zero-order valence-electron chi connectivity index (χ0n) is 15.4. The van der Waals surface area contributed by atoms with Crippen molar-refractivity contribution >= 4 is 56.1 Å². The van der Waals surface area contributed by atoms with Crippen LogP contribution in [0.1, 0.15) is 25.8 Å². The molecule has 2 N–H and O–H groups in total. The molecular weight excluding hydrogens is 443 g/mol. The lowest BCUT2D eigenvalue weighted by Gasteiger charge is -2.00. The molecule has 3 heterocycles. The van der Waals surface area contributed by atoms with Crippen LogP contribution in [0.3, 0.4) is 0 Å². The molecule has 3 aromatic heterocycles. The zero-order chi connectivity index (χ0) is 20.9. The highest BCUT2D eigenvalue weighted by molar-refractivity contribution is 7.15. The van der Waals surface area contributed by atoms with Gasteiger partial charge in [-0.05, 0) is 29.1 Å². The Morgan fingerprint density at radius 3 is 2.63 bits per heavy atom. The zero-order valence-corrected chi connectivity index (χ0v) is 17.9. The number of nitrogens with one attached hydrogen (secondary N) is 2. The number of carbonyl (C=O) groups is 2. The van der Waals surface area contributed by atoms with Gasteiger partial charge in [0, 0.05) is 22.9 Å². The van der Waals surface area contributed by atoms with Gasteiger partial charge in [-0.2, -0.15) is 0 Å². The summed E-state index contributed by atoms with van der Waals surface area (Å²) in [5, 5.41) is 10.0. The van der Waals surface area contributed by atoms with E-state index in [-0.39, 0.29) is 24.1 Å². The van der Waals surface area contributed by atoms with Crippen molar-refractivity contribution in [3.05, 3.63) is 80.2 Å². The van der Waals surface area contributed by atoms with E-state index in [1.165, 1.54) is 46.1 Å². The number of hydrogen-bond donors (Lipinski definition) is 2. The van der Waals surface area contributed by atoms with E-state index in [9.17, 15) is 14.0 Å². The minimum Gasteiger partial charge on any atom is -0.302 e. The van der Waals surface area contributed by atoms with Gasteiger partial charge in [0.15, 0.2) is 10.3 Å². The second-order valence-electron chi connectivity index (χ2n) is 6.24. The number of nitrogens with zero attached hydrogens (tertiary/aromatic N) is 2. The van der Waals surface area contributed by atoms with Gasteiger partial charge in [-0.15, -0.1) is 34.0 Å². The van der Waals surface area contributed by atoms with Crippen LogP contribution in [0.4, 0.5) is 14.7 Å². The minimum atomic E-state index is -0.271. The number of benzene rings is 1. The van der Waals surface area contributed by atoms with E-state index < -0.39 is 0 Å². The van der Waals surface area contributed by atoms with Crippen molar-refractivity contribution in [2.45, 2.75) is 12.8 Å². The van der Waals surface area contributed by atoms with Crippen LogP contribution in [0.2, 0.25) is 0 Å². The molecule has 4 aromatic rings. The topological polar surface area (TPSA) is 84.0 Å². The molecular formula is C20H15FN4O2S3. The van der Waals surface area contributed by atoms with Gasteiger partial charge < -0.3 is 5.32 Å². The molecule has 4 rings (SSSR count). The van der Waals surface area contributed by atoms with Gasteiger partial charge in [-0.3, -0.25) is 14.9 Å². The lowest BCUT2D eigenvalue weighted by molar-refractivity contribution is -0.115. The van der Waals surface area contributed by atoms with E-state index in [1.54, 1.807) is 35.8 Å². The third-order valence-electron chi connectivity index (χ3n) is 3.95. The van der Waals surface area contributed by atoms with Gasteiger partial charge in [-0.25, -0.2) is 14.4 Å². The molecule has 0 spiro atoms. The first kappa shape index (κ1) is 20.3. The van der Waals surface area contributed by atoms with Crippen molar-refractivity contribution < 1.29 is 14.0 Å². The Kier molecular flexibility index (Phi) is 6.26. The summed E-state index contributed by atoms with van der Waals surface area (Å²) in [5.41, 5.74) is 1.54. The summed E-state index contributed by atoms with van der Waals surface area (Å²) in [6, 6.07) is 9.84. The third kappa shape index (κ3) is 5.35. The SMILES string of the molecule is O=C(Cc1csc(NC(=O)c2cccs2)n1)Nc1ncc(Cc2ccc(F)cc2)s1. The van der Waals surface area contributed by atoms with Crippen LogP contribution in [0.15, 0.2) is 53.4 Å². The van der Waals surface area contributed by atoms with E-state index >= 15 is 0 Å². The summed E-state index contributed by atoms with van der Waals surface area (Å²) in [5.74, 6) is -0.724. The molecule has 0 aliphatic carbocycles. The molecule has 30 heavy (non-hydrogen) atoms. The fourth-order valence-electron chi connectivity index (χ4n) is 2.59. The van der Waals surface area contributed by atoms with E-state index in [1.807, 2.05) is 5.38 Å². The first-order valence-electron chi connectivity index (χ1n) is 8.83. The summed E-state index contributed by atoms with van der Waals surface area (Å²) in [6.45, 7) is 0. The van der Waals surface area contributed by atoms with E-state index in [0.29, 0.717) is 27.3 Å². The normalized spacial score (nSPS) is 10.7. The van der Waals surface area contributed by atoms with Crippen LogP contribution in [-0.2, 0) is 17.6 Å². The van der Waals surface area contributed by atoms with Crippen LogP contribution >= 0.6 is 34.0 Å². The van der Waals surface area contributed by atoms with Gasteiger partial charge in [0.25, 0.3) is 5.91 Å². The quantitative estimate of drug-likeness (QED) is 0.416. The van der Waals surface area contributed by atoms with Crippen molar-refractivity contribution in [2.24, 2.45) is 0 Å². The van der Waals surface area contributed by atoms with Crippen LogP contribution in [-0.4, -0.2) is 21.8 Å². The van der Waals surface area contributed by atoms with Crippen LogP contribution in [0.5, 0.6) is 0 Å². The Bertz CT molecular complexity index is 1150. The largest absolute Gasteiger partial charge is 0.302 e. The lowest BCUT2D eigenvalue weighted by atomic mass is 10.1. The lowest BCUT2D eigenvalue weighted by Crippen LogP contribution is -2.14. The number of rotatable bonds is 7. The van der Waals surface area contributed by atoms with Gasteiger partial charge in [-0.1, -0.05) is 18.2 Å². The Labute approximate surface area is 183 Å². The highest BCUT2D eigenvalue weighted by Crippen LogP contribution is 2.22. The summed E-state index contributed by atoms with van der Waals surface area (Å²) >= 11 is 3.99. The van der Waals surface area contributed by atoms with Crippen molar-refractivity contribution in [2.75, 3.05) is 10.6 Å². The molecule has 0 radical (unpaired) electrons. The Morgan fingerprint density at radius 2 is 1.87 bits per heavy atom. The molecule has 0 fully saturated rings. The number of thiazole rings is 2. The molecule has 0 atom stereocenters. The van der Waals surface area contributed by atoms with Gasteiger partial charge in [0.1, 0.15) is 5.82 Å². The summed E-state index contributed by atoms with van der Waals surface area (Å²) < 4.78 is 13.0. The number of hydrogen-bond acceptors (Lipinski definition) is 7. The van der Waals surface area contributed by atoms with Gasteiger partial charge >= 0.3 is 0 Å². The van der Waals surface area contributed by atoms with Crippen molar-refractivity contribution in [3.8, 4) is 0 Å². The monoisotopic (exact) mass is 458 g/mol. The van der Waals surface area contributed by atoms with Gasteiger partial charge in [0.2, 0.25) is 5.91 Å². The third-order valence-corrected chi connectivity index (χ3v) is 6.54. The number of halogens is 1. The Balaban J connectivity index is 1.30.